The predicted octanol–water partition coefficient (Wildman–Crippen LogP) is 5.37. The van der Waals surface area contributed by atoms with E-state index in [1.807, 2.05) is 13.0 Å². The van der Waals surface area contributed by atoms with E-state index in [-0.39, 0.29) is 28.1 Å². The average molecular weight is 535 g/mol. The maximum Gasteiger partial charge on any atom is 0.171 e. The van der Waals surface area contributed by atoms with Crippen LogP contribution < -0.4 is 10.1 Å². The first kappa shape index (κ1) is 22.4. The monoisotopic (exact) mass is 535 g/mol. The van der Waals surface area contributed by atoms with E-state index >= 15 is 0 Å². The maximum atomic E-state index is 13.4. The molecule has 166 valence electrons. The highest BCUT2D eigenvalue weighted by Crippen LogP contribution is 2.52. The smallest absolute Gasteiger partial charge is 0.171 e. The number of phenols is 1. The maximum absolute atomic E-state index is 13.4. The zero-order valence-corrected chi connectivity index (χ0v) is 21.0. The Morgan fingerprint density at radius 2 is 1.52 bits per heavy atom. The molecule has 0 spiro atoms. The Morgan fingerprint density at radius 3 is 2.00 bits per heavy atom. The lowest BCUT2D eigenvalue weighted by Crippen LogP contribution is -2.42. The van der Waals surface area contributed by atoms with E-state index in [1.54, 1.807) is 6.07 Å². The fraction of sp³-hybridized carbons (Fsp3) is 0.520. The van der Waals surface area contributed by atoms with Gasteiger partial charge < -0.3 is 15.2 Å². The Balaban J connectivity index is 1.94. The van der Waals surface area contributed by atoms with Crippen LogP contribution in [-0.2, 0) is 9.59 Å². The molecule has 0 saturated heterocycles. The van der Waals surface area contributed by atoms with E-state index in [4.69, 9.17) is 4.74 Å². The summed E-state index contributed by atoms with van der Waals surface area (Å²) in [5.74, 6) is 0.241. The number of rotatable bonds is 3. The van der Waals surface area contributed by atoms with Crippen LogP contribution in [0.25, 0.3) is 0 Å². The van der Waals surface area contributed by atoms with Crippen LogP contribution in [0.4, 0.5) is 0 Å². The van der Waals surface area contributed by atoms with E-state index in [1.165, 1.54) is 0 Å². The molecule has 1 aliphatic heterocycles. The Bertz CT molecular complexity index is 996. The molecular formula is C25H30INO4. The summed E-state index contributed by atoms with van der Waals surface area (Å²) in [4.78, 5) is 26.8. The topological polar surface area (TPSA) is 75.6 Å². The Kier molecular flexibility index (Phi) is 5.51. The highest BCUT2D eigenvalue weighted by Gasteiger charge is 2.46. The summed E-state index contributed by atoms with van der Waals surface area (Å²) in [5, 5.41) is 14.0. The van der Waals surface area contributed by atoms with Gasteiger partial charge in [-0.1, -0.05) is 27.7 Å². The third-order valence-corrected chi connectivity index (χ3v) is 7.23. The number of hydrogen-bond acceptors (Lipinski definition) is 5. The molecule has 5 nitrogen and oxygen atoms in total. The van der Waals surface area contributed by atoms with Crippen LogP contribution >= 0.6 is 22.6 Å². The molecule has 2 N–H and O–H groups in total. The van der Waals surface area contributed by atoms with Crippen molar-refractivity contribution < 1.29 is 19.4 Å². The van der Waals surface area contributed by atoms with E-state index < -0.39 is 5.92 Å². The quantitative estimate of drug-likeness (QED) is 0.510. The lowest BCUT2D eigenvalue weighted by molar-refractivity contribution is -0.119. The predicted molar refractivity (Wildman–Crippen MR) is 128 cm³/mol. The highest BCUT2D eigenvalue weighted by atomic mass is 127. The molecule has 0 amide bonds. The third kappa shape index (κ3) is 4.03. The molecule has 1 heterocycles. The highest BCUT2D eigenvalue weighted by molar-refractivity contribution is 14.1. The number of carbonyl (C=O) groups is 2. The summed E-state index contributed by atoms with van der Waals surface area (Å²) in [5.41, 5.74) is 3.87. The van der Waals surface area contributed by atoms with Gasteiger partial charge >= 0.3 is 0 Å². The molecule has 0 saturated carbocycles. The molecule has 0 aromatic heterocycles. The van der Waals surface area contributed by atoms with Crippen molar-refractivity contribution in [3.05, 3.63) is 43.8 Å². The number of halogens is 1. The zero-order valence-electron chi connectivity index (χ0n) is 18.8. The number of phenolic OH excluding ortho intramolecular Hbond substituents is 1. The second-order valence-electron chi connectivity index (χ2n) is 10.5. The second kappa shape index (κ2) is 7.64. The number of hydrogen-bond donors (Lipinski definition) is 2. The van der Waals surface area contributed by atoms with Gasteiger partial charge in [0, 0.05) is 41.3 Å². The Labute approximate surface area is 197 Å². The first-order chi connectivity index (χ1) is 14.4. The van der Waals surface area contributed by atoms with Gasteiger partial charge in [0.05, 0.1) is 10.2 Å². The molecule has 6 heteroatoms. The Hall–Kier alpha value is -1.83. The first-order valence-electron chi connectivity index (χ1n) is 10.9. The zero-order chi connectivity index (χ0) is 22.7. The van der Waals surface area contributed by atoms with E-state index in [2.05, 4.69) is 55.6 Å². The number of ketones is 2. The van der Waals surface area contributed by atoms with Gasteiger partial charge in [-0.2, -0.15) is 0 Å². The van der Waals surface area contributed by atoms with Crippen molar-refractivity contribution in [2.45, 2.75) is 66.2 Å². The van der Waals surface area contributed by atoms with Crippen LogP contribution in [-0.4, -0.2) is 23.3 Å². The minimum atomic E-state index is -0.424. The van der Waals surface area contributed by atoms with Gasteiger partial charge in [-0.25, -0.2) is 0 Å². The number of carbonyl (C=O) groups excluding carboxylic acids is 2. The molecule has 2 aliphatic carbocycles. The SMILES string of the molecule is CCOc1cc(C2C3=C(CC(C)(C)CC3=O)NC3=C2C(=O)CC(C)(C)C3)cc(I)c1O. The van der Waals surface area contributed by atoms with Gasteiger partial charge in [-0.15, -0.1) is 0 Å². The normalized spacial score (nSPS) is 22.8. The van der Waals surface area contributed by atoms with E-state index in [0.29, 0.717) is 39.9 Å². The number of Topliss-reactive ketones (excluding diaryl/α,β-unsaturated/α-hetero) is 2. The molecule has 31 heavy (non-hydrogen) atoms. The summed E-state index contributed by atoms with van der Waals surface area (Å²) in [7, 11) is 0. The largest absolute Gasteiger partial charge is 0.504 e. The van der Waals surface area contributed by atoms with Crippen LogP contribution in [0.1, 0.15) is 71.8 Å². The average Bonchev–Trinajstić information content (AvgIpc) is 2.61. The minimum absolute atomic E-state index is 0.0916. The first-order valence-corrected chi connectivity index (χ1v) is 11.9. The summed E-state index contributed by atoms with van der Waals surface area (Å²) >= 11 is 2.08. The summed E-state index contributed by atoms with van der Waals surface area (Å²) in [6.07, 6.45) is 2.45. The van der Waals surface area contributed by atoms with Crippen LogP contribution in [0.2, 0.25) is 0 Å². The molecule has 4 rings (SSSR count). The van der Waals surface area contributed by atoms with Gasteiger partial charge in [0.25, 0.3) is 0 Å². The molecular weight excluding hydrogens is 505 g/mol. The molecule has 1 aromatic carbocycles. The van der Waals surface area contributed by atoms with E-state index in [9.17, 15) is 14.7 Å². The summed E-state index contributed by atoms with van der Waals surface area (Å²) in [6.45, 7) is 10.7. The molecule has 0 unspecified atom stereocenters. The van der Waals surface area contributed by atoms with Crippen molar-refractivity contribution in [2.75, 3.05) is 6.61 Å². The van der Waals surface area contributed by atoms with Crippen molar-refractivity contribution in [1.82, 2.24) is 5.32 Å². The number of benzene rings is 1. The van der Waals surface area contributed by atoms with Crippen molar-refractivity contribution in [3.63, 3.8) is 0 Å². The molecule has 1 aromatic rings. The van der Waals surface area contributed by atoms with Gasteiger partial charge in [0.1, 0.15) is 0 Å². The van der Waals surface area contributed by atoms with Gasteiger partial charge in [-0.05, 0) is 70.9 Å². The number of allylic oxidation sites excluding steroid dienone is 4. The standard InChI is InChI=1S/C25H30INO4/c1-6-31-19-8-13(7-14(26)23(19)30)20-21-15(9-24(2,3)11-17(21)28)27-16-10-25(4,5)12-18(29)22(16)20/h7-8,20,27,30H,6,9-12H2,1-5H3. The molecule has 0 fully saturated rings. The Morgan fingerprint density at radius 1 is 1.00 bits per heavy atom. The minimum Gasteiger partial charge on any atom is -0.504 e. The van der Waals surface area contributed by atoms with E-state index in [0.717, 1.165) is 29.8 Å². The summed E-state index contributed by atoms with van der Waals surface area (Å²) in [6, 6.07) is 3.68. The number of dihydropyridines is 1. The number of aromatic hydroxyl groups is 1. The fourth-order valence-corrected chi connectivity index (χ4v) is 5.87. The number of ether oxygens (including phenoxy) is 1. The van der Waals surface area contributed by atoms with Crippen LogP contribution in [0.3, 0.4) is 0 Å². The van der Waals surface area contributed by atoms with Crippen molar-refractivity contribution >= 4 is 34.2 Å². The fourth-order valence-electron chi connectivity index (χ4n) is 5.25. The number of nitrogens with one attached hydrogen (secondary N) is 1. The molecule has 0 bridgehead atoms. The second-order valence-corrected chi connectivity index (χ2v) is 11.7. The molecule has 0 radical (unpaired) electrons. The van der Waals surface area contributed by atoms with Crippen molar-refractivity contribution in [3.8, 4) is 11.5 Å². The summed E-state index contributed by atoms with van der Waals surface area (Å²) < 4.78 is 6.32. The van der Waals surface area contributed by atoms with Crippen molar-refractivity contribution in [2.24, 2.45) is 10.8 Å². The van der Waals surface area contributed by atoms with Crippen LogP contribution in [0.5, 0.6) is 11.5 Å². The molecule has 0 atom stereocenters. The van der Waals surface area contributed by atoms with Gasteiger partial charge in [0.2, 0.25) is 0 Å². The third-order valence-electron chi connectivity index (χ3n) is 6.40. The van der Waals surface area contributed by atoms with Gasteiger partial charge in [0.15, 0.2) is 23.1 Å². The lowest BCUT2D eigenvalue weighted by atomic mass is 9.64. The van der Waals surface area contributed by atoms with Crippen LogP contribution in [0.15, 0.2) is 34.7 Å². The lowest BCUT2D eigenvalue weighted by Gasteiger charge is -2.44. The van der Waals surface area contributed by atoms with Crippen molar-refractivity contribution in [1.29, 1.82) is 0 Å². The molecule has 3 aliphatic rings. The van der Waals surface area contributed by atoms with Crippen LogP contribution in [0, 0.1) is 14.4 Å². The van der Waals surface area contributed by atoms with Gasteiger partial charge in [-0.3, -0.25) is 9.59 Å².